The summed E-state index contributed by atoms with van der Waals surface area (Å²) in [5, 5.41) is 3.92. The first-order valence-electron chi connectivity index (χ1n) is 7.26. The van der Waals surface area contributed by atoms with E-state index in [-0.39, 0.29) is 12.4 Å². The molecule has 0 bridgehead atoms. The van der Waals surface area contributed by atoms with E-state index in [4.69, 9.17) is 0 Å². The maximum absolute atomic E-state index is 2.32. The Kier molecular flexibility index (Phi) is 4.08. The second-order valence-corrected chi connectivity index (χ2v) is 5.34. The van der Waals surface area contributed by atoms with Crippen LogP contribution in [0.25, 0.3) is 21.7 Å². The van der Waals surface area contributed by atoms with Crippen molar-refractivity contribution in [3.05, 3.63) is 90.6 Å². The Morgan fingerprint density at radius 2 is 1.36 bits per heavy atom. The lowest BCUT2D eigenvalue weighted by Gasteiger charge is -2.04. The van der Waals surface area contributed by atoms with Gasteiger partial charge in [-0.15, -0.1) is 0 Å². The number of halogens is 1. The highest BCUT2D eigenvalue weighted by atomic mass is 35.5. The molecule has 0 unspecified atom stereocenters. The number of hydrogen-bond acceptors (Lipinski definition) is 0. The van der Waals surface area contributed by atoms with Gasteiger partial charge in [0.05, 0.1) is 5.39 Å². The zero-order chi connectivity index (χ0) is 14.1. The highest BCUT2D eigenvalue weighted by molar-refractivity contribution is 6.04. The third-order valence-corrected chi connectivity index (χ3v) is 3.98. The van der Waals surface area contributed by atoms with Crippen LogP contribution in [0.1, 0.15) is 5.56 Å². The van der Waals surface area contributed by atoms with E-state index >= 15 is 0 Å². The van der Waals surface area contributed by atoms with Crippen molar-refractivity contribution in [2.45, 2.75) is 6.54 Å². The average molecular weight is 306 g/mol. The Bertz CT molecular complexity index is 916. The van der Waals surface area contributed by atoms with Gasteiger partial charge in [0, 0.05) is 17.7 Å². The van der Waals surface area contributed by atoms with Crippen LogP contribution in [0, 0.1) is 0 Å². The Morgan fingerprint density at radius 1 is 0.636 bits per heavy atom. The third kappa shape index (κ3) is 2.56. The molecule has 0 radical (unpaired) electrons. The lowest BCUT2D eigenvalue weighted by atomic mass is 10.0. The van der Waals surface area contributed by atoms with Crippen LogP contribution in [-0.4, -0.2) is 0 Å². The van der Waals surface area contributed by atoms with Crippen molar-refractivity contribution in [1.82, 2.24) is 0 Å². The van der Waals surface area contributed by atoms with Crippen LogP contribution in [0.3, 0.4) is 0 Å². The van der Waals surface area contributed by atoms with Crippen LogP contribution in [0.2, 0.25) is 0 Å². The summed E-state index contributed by atoms with van der Waals surface area (Å²) in [7, 11) is 0. The van der Waals surface area contributed by atoms with Crippen molar-refractivity contribution in [1.29, 1.82) is 0 Å². The molecule has 108 valence electrons. The zero-order valence-corrected chi connectivity index (χ0v) is 12.9. The molecule has 0 saturated carbocycles. The highest BCUT2D eigenvalue weighted by Gasteiger charge is 2.11. The number of pyridine rings is 1. The number of aromatic nitrogens is 1. The summed E-state index contributed by atoms with van der Waals surface area (Å²) < 4.78 is 2.32. The fourth-order valence-corrected chi connectivity index (χ4v) is 2.95. The molecule has 0 aliphatic heterocycles. The summed E-state index contributed by atoms with van der Waals surface area (Å²) in [6.07, 6.45) is 2.16. The second kappa shape index (κ2) is 6.17. The minimum atomic E-state index is 0. The predicted octanol–water partition coefficient (Wildman–Crippen LogP) is 1.33. The molecule has 1 nitrogen and oxygen atoms in total. The molecule has 0 amide bonds. The van der Waals surface area contributed by atoms with Crippen LogP contribution in [0.15, 0.2) is 85.1 Å². The van der Waals surface area contributed by atoms with Gasteiger partial charge in [0.25, 0.3) is 0 Å². The number of fused-ring (bicyclic) bond motifs is 3. The van der Waals surface area contributed by atoms with Gasteiger partial charge >= 0.3 is 0 Å². The summed E-state index contributed by atoms with van der Waals surface area (Å²) in [5.41, 5.74) is 2.60. The molecule has 22 heavy (non-hydrogen) atoms. The smallest absolute Gasteiger partial charge is 0.213 e. The molecular formula is C20H16ClN. The van der Waals surface area contributed by atoms with Crippen molar-refractivity contribution in [3.8, 4) is 0 Å². The van der Waals surface area contributed by atoms with E-state index in [0.29, 0.717) is 0 Å². The quantitative estimate of drug-likeness (QED) is 0.389. The number of benzene rings is 3. The van der Waals surface area contributed by atoms with Gasteiger partial charge < -0.3 is 12.4 Å². The largest absolute Gasteiger partial charge is 1.00 e. The van der Waals surface area contributed by atoms with E-state index in [1.165, 1.54) is 27.2 Å². The van der Waals surface area contributed by atoms with Crippen molar-refractivity contribution in [2.24, 2.45) is 0 Å². The van der Waals surface area contributed by atoms with E-state index in [1.807, 2.05) is 0 Å². The van der Waals surface area contributed by atoms with Gasteiger partial charge in [-0.1, -0.05) is 54.6 Å². The molecule has 0 fully saturated rings. The summed E-state index contributed by atoms with van der Waals surface area (Å²) in [6.45, 7) is 0.899. The van der Waals surface area contributed by atoms with Crippen LogP contribution >= 0.6 is 0 Å². The Morgan fingerprint density at radius 3 is 2.23 bits per heavy atom. The summed E-state index contributed by atoms with van der Waals surface area (Å²) in [4.78, 5) is 0. The Balaban J connectivity index is 0.00000144. The lowest BCUT2D eigenvalue weighted by Crippen LogP contribution is -3.00. The standard InChI is InChI=1S/C20H16N.ClH/c1-2-7-16(8-3-1)15-21-14-6-11-19-18-10-5-4-9-17(18)12-13-20(19)21;/h1-14H,15H2;1H/q+1;/p-1. The predicted molar refractivity (Wildman–Crippen MR) is 87.2 cm³/mol. The minimum Gasteiger partial charge on any atom is -1.00 e. The maximum Gasteiger partial charge on any atom is 0.213 e. The monoisotopic (exact) mass is 305 g/mol. The van der Waals surface area contributed by atoms with Crippen LogP contribution < -0.4 is 17.0 Å². The van der Waals surface area contributed by atoms with E-state index in [1.54, 1.807) is 0 Å². The highest BCUT2D eigenvalue weighted by Crippen LogP contribution is 2.22. The molecule has 4 rings (SSSR count). The second-order valence-electron chi connectivity index (χ2n) is 5.34. The van der Waals surface area contributed by atoms with Crippen molar-refractivity contribution in [3.63, 3.8) is 0 Å². The molecule has 1 aromatic heterocycles. The fourth-order valence-electron chi connectivity index (χ4n) is 2.95. The van der Waals surface area contributed by atoms with Crippen molar-refractivity contribution < 1.29 is 17.0 Å². The maximum atomic E-state index is 2.32. The number of nitrogens with zero attached hydrogens (tertiary/aromatic N) is 1. The fraction of sp³-hybridized carbons (Fsp3) is 0.0500. The average Bonchev–Trinajstić information content (AvgIpc) is 2.56. The topological polar surface area (TPSA) is 3.88 Å². The molecule has 1 heterocycles. The van der Waals surface area contributed by atoms with E-state index in [9.17, 15) is 0 Å². The van der Waals surface area contributed by atoms with E-state index < -0.39 is 0 Å². The first kappa shape index (κ1) is 14.6. The van der Waals surface area contributed by atoms with Crippen molar-refractivity contribution >= 4 is 21.7 Å². The van der Waals surface area contributed by atoms with Crippen LogP contribution in [0.5, 0.6) is 0 Å². The molecule has 2 heteroatoms. The van der Waals surface area contributed by atoms with Gasteiger partial charge in [0.1, 0.15) is 0 Å². The Labute approximate surface area is 136 Å². The first-order valence-corrected chi connectivity index (χ1v) is 7.26. The summed E-state index contributed by atoms with van der Waals surface area (Å²) >= 11 is 0. The van der Waals surface area contributed by atoms with Gasteiger partial charge in [0.15, 0.2) is 12.7 Å². The summed E-state index contributed by atoms with van der Waals surface area (Å²) in [6, 6.07) is 27.9. The SMILES string of the molecule is [Cl-].c1ccc(C[n+]2cccc3c4ccccc4ccc32)cc1. The molecule has 0 atom stereocenters. The van der Waals surface area contributed by atoms with Crippen molar-refractivity contribution in [2.75, 3.05) is 0 Å². The number of rotatable bonds is 2. The van der Waals surface area contributed by atoms with Gasteiger partial charge in [-0.25, -0.2) is 0 Å². The molecule has 0 aliphatic carbocycles. The van der Waals surface area contributed by atoms with Gasteiger partial charge in [-0.2, -0.15) is 4.57 Å². The molecule has 0 saturated heterocycles. The van der Waals surface area contributed by atoms with Crippen LogP contribution in [0.4, 0.5) is 0 Å². The molecule has 0 aliphatic rings. The molecule has 0 spiro atoms. The first-order chi connectivity index (χ1) is 10.4. The molecular weight excluding hydrogens is 290 g/mol. The van der Waals surface area contributed by atoms with Crippen LogP contribution in [-0.2, 0) is 6.54 Å². The molecule has 0 N–H and O–H groups in total. The molecule has 4 aromatic rings. The van der Waals surface area contributed by atoms with Gasteiger partial charge in [-0.05, 0) is 22.9 Å². The Hall–Kier alpha value is -2.38. The van der Waals surface area contributed by atoms with E-state index in [0.717, 1.165) is 6.54 Å². The zero-order valence-electron chi connectivity index (χ0n) is 12.1. The number of hydrogen-bond donors (Lipinski definition) is 0. The normalized spacial score (nSPS) is 10.5. The minimum absolute atomic E-state index is 0. The van der Waals surface area contributed by atoms with Gasteiger partial charge in [-0.3, -0.25) is 0 Å². The summed E-state index contributed by atoms with van der Waals surface area (Å²) in [5.74, 6) is 0. The van der Waals surface area contributed by atoms with Gasteiger partial charge in [0.2, 0.25) is 5.52 Å². The third-order valence-electron chi connectivity index (χ3n) is 3.98. The lowest BCUT2D eigenvalue weighted by molar-refractivity contribution is -0.662. The van der Waals surface area contributed by atoms with E-state index in [2.05, 4.69) is 89.6 Å². The molecule has 3 aromatic carbocycles.